The van der Waals surface area contributed by atoms with Crippen molar-refractivity contribution in [1.82, 2.24) is 39.3 Å². The largest absolute Gasteiger partial charge is 0.497 e. The number of nitrogens with one attached hydrogen (secondary N) is 1. The normalized spacial score (nSPS) is 15.9. The van der Waals surface area contributed by atoms with Gasteiger partial charge in [0.15, 0.2) is 0 Å². The third kappa shape index (κ3) is 5.99. The van der Waals surface area contributed by atoms with E-state index in [1.165, 1.54) is 36.6 Å². The lowest BCUT2D eigenvalue weighted by molar-refractivity contribution is -0.148. The zero-order valence-electron chi connectivity index (χ0n) is 25.4. The quantitative estimate of drug-likeness (QED) is 0.226. The number of nitrogens with zero attached hydrogens (tertiary/aromatic N) is 7. The van der Waals surface area contributed by atoms with E-state index in [9.17, 15) is 18.0 Å². The molecule has 4 aromatic heterocycles. The first-order valence-electron chi connectivity index (χ1n) is 14.7. The summed E-state index contributed by atoms with van der Waals surface area (Å²) in [5.74, 6) is -0.402. The van der Waals surface area contributed by atoms with Crippen LogP contribution in [-0.4, -0.2) is 79.0 Å². The molecule has 1 aliphatic heterocycles. The van der Waals surface area contributed by atoms with Crippen LogP contribution in [0.4, 0.5) is 13.2 Å². The molecule has 47 heavy (non-hydrogen) atoms. The van der Waals surface area contributed by atoms with Crippen LogP contribution in [0, 0.1) is 0 Å². The summed E-state index contributed by atoms with van der Waals surface area (Å²) >= 11 is 1.50. The first-order valence-corrected chi connectivity index (χ1v) is 15.7. The van der Waals surface area contributed by atoms with E-state index in [-0.39, 0.29) is 17.6 Å². The fourth-order valence-electron chi connectivity index (χ4n) is 5.98. The van der Waals surface area contributed by atoms with Crippen LogP contribution in [0.3, 0.4) is 0 Å². The predicted molar refractivity (Wildman–Crippen MR) is 169 cm³/mol. The Kier molecular flexibility index (Phi) is 8.01. The molecule has 0 radical (unpaired) electrons. The zero-order valence-corrected chi connectivity index (χ0v) is 26.2. The Hall–Kier alpha value is -5.02. The summed E-state index contributed by atoms with van der Waals surface area (Å²) in [5.41, 5.74) is 5.02. The summed E-state index contributed by atoms with van der Waals surface area (Å²) < 4.78 is 54.3. The van der Waals surface area contributed by atoms with Gasteiger partial charge in [0.1, 0.15) is 24.2 Å². The second-order valence-electron chi connectivity index (χ2n) is 11.1. The van der Waals surface area contributed by atoms with Gasteiger partial charge in [0.05, 0.1) is 59.4 Å². The number of benzene rings is 2. The second-order valence-corrected chi connectivity index (χ2v) is 11.8. The molecule has 0 aliphatic carbocycles. The highest BCUT2D eigenvalue weighted by Gasteiger charge is 2.40. The maximum atomic E-state index is 14.2. The van der Waals surface area contributed by atoms with Gasteiger partial charge in [0.2, 0.25) is 17.6 Å². The molecule has 11 nitrogen and oxygen atoms in total. The van der Waals surface area contributed by atoms with E-state index in [2.05, 4.69) is 29.8 Å². The van der Waals surface area contributed by atoms with Crippen LogP contribution in [0.25, 0.3) is 33.2 Å². The number of ether oxygens (including phenoxy) is 2. The van der Waals surface area contributed by atoms with Crippen LogP contribution in [0.15, 0.2) is 65.6 Å². The van der Waals surface area contributed by atoms with Crippen molar-refractivity contribution in [3.8, 4) is 22.9 Å². The molecule has 1 fully saturated rings. The molecule has 1 unspecified atom stereocenters. The molecule has 2 aromatic carbocycles. The number of alkyl halides is 3. The summed E-state index contributed by atoms with van der Waals surface area (Å²) in [7, 11) is 2.97. The van der Waals surface area contributed by atoms with Crippen molar-refractivity contribution < 1.29 is 27.4 Å². The Morgan fingerprint density at radius 1 is 1.04 bits per heavy atom. The molecule has 15 heteroatoms. The van der Waals surface area contributed by atoms with E-state index < -0.39 is 30.5 Å². The number of aromatic amines is 1. The van der Waals surface area contributed by atoms with Crippen molar-refractivity contribution in [2.45, 2.75) is 25.3 Å². The van der Waals surface area contributed by atoms with E-state index >= 15 is 0 Å². The lowest BCUT2D eigenvalue weighted by Crippen LogP contribution is -2.51. The van der Waals surface area contributed by atoms with Gasteiger partial charge in [-0.1, -0.05) is 18.2 Å². The van der Waals surface area contributed by atoms with Crippen molar-refractivity contribution in [3.63, 3.8) is 0 Å². The van der Waals surface area contributed by atoms with Crippen LogP contribution in [0.5, 0.6) is 11.6 Å². The first kappa shape index (κ1) is 30.6. The third-order valence-corrected chi connectivity index (χ3v) is 8.88. The number of amides is 1. The average Bonchev–Trinajstić information content (AvgIpc) is 3.85. The smallest absolute Gasteiger partial charge is 0.449 e. The number of piperazine rings is 1. The van der Waals surface area contributed by atoms with Crippen molar-refractivity contribution >= 4 is 39.2 Å². The number of imidazole rings is 2. The molecule has 6 aromatic rings. The van der Waals surface area contributed by atoms with Crippen molar-refractivity contribution in [3.05, 3.63) is 83.0 Å². The molecule has 1 saturated heterocycles. The summed E-state index contributed by atoms with van der Waals surface area (Å²) in [6, 6.07) is 13.5. The number of hydrogen-bond acceptors (Lipinski definition) is 9. The molecule has 1 amide bonds. The molecule has 1 aliphatic rings. The Bertz CT molecular complexity index is 2060. The van der Waals surface area contributed by atoms with Crippen LogP contribution >= 0.6 is 11.3 Å². The van der Waals surface area contributed by atoms with E-state index in [0.717, 1.165) is 21.2 Å². The zero-order chi connectivity index (χ0) is 32.7. The van der Waals surface area contributed by atoms with Gasteiger partial charge in [0, 0.05) is 43.0 Å². The highest BCUT2D eigenvalue weighted by molar-refractivity contribution is 7.07. The van der Waals surface area contributed by atoms with E-state index in [4.69, 9.17) is 9.47 Å². The Morgan fingerprint density at radius 2 is 1.89 bits per heavy atom. The lowest BCUT2D eigenvalue weighted by Gasteiger charge is -2.40. The number of carbonyl (C=O) groups excluding carboxylic acids is 1. The molecular formula is C32H29F3N8O3S. The minimum Gasteiger partial charge on any atom is -0.497 e. The molecule has 7 rings (SSSR count). The molecule has 5 heterocycles. The number of hydrogen-bond donors (Lipinski definition) is 1. The summed E-state index contributed by atoms with van der Waals surface area (Å²) in [6.07, 6.45) is -3.12. The minimum absolute atomic E-state index is 0.115. The van der Waals surface area contributed by atoms with Gasteiger partial charge >= 0.3 is 6.18 Å². The minimum atomic E-state index is -4.78. The fourth-order valence-corrected chi connectivity index (χ4v) is 6.53. The monoisotopic (exact) mass is 662 g/mol. The van der Waals surface area contributed by atoms with Gasteiger partial charge in [-0.2, -0.15) is 13.2 Å². The maximum absolute atomic E-state index is 14.2. The van der Waals surface area contributed by atoms with Crippen LogP contribution in [0.2, 0.25) is 0 Å². The number of rotatable bonds is 8. The molecule has 242 valence electrons. The molecule has 1 atom stereocenters. The van der Waals surface area contributed by atoms with Crippen molar-refractivity contribution in [2.24, 2.45) is 0 Å². The van der Waals surface area contributed by atoms with Gasteiger partial charge in [-0.25, -0.2) is 19.9 Å². The van der Waals surface area contributed by atoms with Crippen LogP contribution in [0.1, 0.15) is 23.4 Å². The van der Waals surface area contributed by atoms with Gasteiger partial charge in [-0.15, -0.1) is 11.3 Å². The number of carbonyl (C=O) groups is 1. The third-order valence-electron chi connectivity index (χ3n) is 8.24. The first-order chi connectivity index (χ1) is 22.7. The summed E-state index contributed by atoms with van der Waals surface area (Å²) in [5, 5.41) is 2.88. The number of pyridine rings is 1. The lowest BCUT2D eigenvalue weighted by atomic mass is 10.1. The number of halogens is 3. The highest BCUT2D eigenvalue weighted by atomic mass is 32.1. The van der Waals surface area contributed by atoms with E-state index in [0.29, 0.717) is 48.3 Å². The molecule has 0 bridgehead atoms. The predicted octanol–water partition coefficient (Wildman–Crippen LogP) is 5.55. The molecular weight excluding hydrogens is 633 g/mol. The molecule has 0 spiro atoms. The Balaban J connectivity index is 1.24. The molecule has 0 saturated carbocycles. The fraction of sp³-hybridized carbons (Fsp3) is 0.281. The van der Waals surface area contributed by atoms with Gasteiger partial charge in [-0.05, 0) is 24.3 Å². The number of para-hydroxylation sites is 1. The van der Waals surface area contributed by atoms with Crippen molar-refractivity contribution in [1.29, 1.82) is 0 Å². The van der Waals surface area contributed by atoms with Gasteiger partial charge in [-0.3, -0.25) is 9.69 Å². The van der Waals surface area contributed by atoms with Crippen molar-refractivity contribution in [2.75, 3.05) is 33.9 Å². The van der Waals surface area contributed by atoms with Crippen LogP contribution < -0.4 is 9.47 Å². The number of methoxy groups -OCH3 is 2. The number of thiazole rings is 1. The number of aromatic nitrogens is 6. The Labute approximate surface area is 270 Å². The van der Waals surface area contributed by atoms with E-state index in [1.54, 1.807) is 23.7 Å². The van der Waals surface area contributed by atoms with E-state index in [1.807, 2.05) is 35.7 Å². The standard InChI is InChI=1S/C32H29F3N8O3S/c1-45-21-7-8-24-26(12-21)43(31(40-24)32(33,34)35)16-28(44)42-10-9-41(14-20-17-47-18-37-20)15-27(42)29-36-13-25(38-29)22-11-19-5-3-4-6-23(19)39-30(22)46-2/h3-8,11-13,17-18,27H,9-10,14-16H2,1-2H3,(H,36,38). The number of H-pyrrole nitrogens is 1. The SMILES string of the molecule is COc1ccc2nc(C(F)(F)F)n(CC(=O)N3CCN(Cc4cscn4)CC3c3ncc(-c4cc5ccccc5nc4OC)[nH]3)c2c1. The summed E-state index contributed by atoms with van der Waals surface area (Å²) in [4.78, 5) is 38.7. The second kappa shape index (κ2) is 12.3. The molecule has 1 N–H and O–H groups in total. The number of fused-ring (bicyclic) bond motifs is 2. The maximum Gasteiger partial charge on any atom is 0.449 e. The Morgan fingerprint density at radius 3 is 2.66 bits per heavy atom. The highest BCUT2D eigenvalue weighted by Crippen LogP contribution is 2.35. The average molecular weight is 663 g/mol. The van der Waals surface area contributed by atoms with Gasteiger partial charge in [0.25, 0.3) is 0 Å². The van der Waals surface area contributed by atoms with Crippen LogP contribution in [-0.2, 0) is 24.1 Å². The summed E-state index contributed by atoms with van der Waals surface area (Å²) in [6.45, 7) is 1.13. The van der Waals surface area contributed by atoms with Gasteiger partial charge < -0.3 is 23.9 Å². The topological polar surface area (TPSA) is 114 Å².